The first-order valence-electron chi connectivity index (χ1n) is 3.34. The number of hydrogen-bond donors (Lipinski definition) is 1. The topological polar surface area (TPSA) is 59.4 Å². The fourth-order valence-corrected chi connectivity index (χ4v) is 0.780. The van der Waals surface area contributed by atoms with Gasteiger partial charge in [0.15, 0.2) is 11.4 Å². The molecule has 7 heteroatoms. The van der Waals surface area contributed by atoms with Crippen molar-refractivity contribution in [3.05, 3.63) is 24.0 Å². The van der Waals surface area contributed by atoms with Gasteiger partial charge in [-0.15, -0.1) is 0 Å². The summed E-state index contributed by atoms with van der Waals surface area (Å²) in [6, 6.07) is 2.03. The summed E-state index contributed by atoms with van der Waals surface area (Å²) in [6.45, 7) is 0. The third-order valence-electron chi connectivity index (χ3n) is 1.24. The van der Waals surface area contributed by atoms with Crippen LogP contribution in [0.15, 0.2) is 18.3 Å². The molecule has 0 spiro atoms. The molecule has 76 valence electrons. The maximum Gasteiger partial charge on any atom is 0.511 e. The highest BCUT2D eigenvalue weighted by molar-refractivity contribution is 5.61. The van der Waals surface area contributed by atoms with Gasteiger partial charge in [-0.05, 0) is 12.1 Å². The van der Waals surface area contributed by atoms with Crippen molar-refractivity contribution in [3.63, 3.8) is 0 Å². The van der Waals surface area contributed by atoms with E-state index in [4.69, 9.17) is 5.11 Å². The fourth-order valence-electron chi connectivity index (χ4n) is 0.780. The lowest BCUT2D eigenvalue weighted by atomic mass is 10.3. The molecule has 0 fully saturated rings. The first-order chi connectivity index (χ1) is 6.41. The van der Waals surface area contributed by atoms with E-state index in [2.05, 4.69) is 9.72 Å². The number of carboxylic acid groups (broad SMARTS) is 1. The number of pyridine rings is 1. The Balaban J connectivity index is 3.10. The third kappa shape index (κ3) is 2.35. The van der Waals surface area contributed by atoms with E-state index in [0.29, 0.717) is 0 Å². The zero-order valence-corrected chi connectivity index (χ0v) is 6.58. The highest BCUT2D eigenvalue weighted by Crippen LogP contribution is 2.33. The number of nitrogens with zero attached hydrogens (tertiary/aromatic N) is 1. The zero-order chi connectivity index (χ0) is 10.8. The van der Waals surface area contributed by atoms with Crippen LogP contribution in [-0.4, -0.2) is 16.2 Å². The van der Waals surface area contributed by atoms with Crippen LogP contribution < -0.4 is 4.74 Å². The summed E-state index contributed by atoms with van der Waals surface area (Å²) in [7, 11) is 0. The van der Waals surface area contributed by atoms with Crippen molar-refractivity contribution < 1.29 is 27.8 Å². The molecule has 0 unspecified atom stereocenters. The monoisotopic (exact) mass is 207 g/mol. The summed E-state index contributed by atoms with van der Waals surface area (Å²) in [5, 5.41) is 8.14. The number of hydrogen-bond acceptors (Lipinski definition) is 3. The highest BCUT2D eigenvalue weighted by Gasteiger charge is 2.36. The highest BCUT2D eigenvalue weighted by atomic mass is 19.4. The molecule has 0 aromatic carbocycles. The Labute approximate surface area is 75.9 Å². The molecule has 0 aliphatic carbocycles. The average Bonchev–Trinajstić information content (AvgIpc) is 2.01. The quantitative estimate of drug-likeness (QED) is 0.716. The largest absolute Gasteiger partial charge is 0.511 e. The lowest BCUT2D eigenvalue weighted by Gasteiger charge is -2.08. The maximum atomic E-state index is 12.2. The van der Waals surface area contributed by atoms with E-state index in [-0.39, 0.29) is 0 Å². The van der Waals surface area contributed by atoms with E-state index in [1.165, 1.54) is 0 Å². The fraction of sp³-hybridized carbons (Fsp3) is 0.143. The van der Waals surface area contributed by atoms with Crippen molar-refractivity contribution in [1.29, 1.82) is 0 Å². The molecule has 0 aliphatic heterocycles. The number of halogens is 3. The molecule has 0 saturated carbocycles. The molecule has 1 N–H and O–H groups in total. The third-order valence-corrected chi connectivity index (χ3v) is 1.24. The van der Waals surface area contributed by atoms with Crippen molar-refractivity contribution in [3.8, 4) is 5.75 Å². The van der Waals surface area contributed by atoms with Gasteiger partial charge in [0.1, 0.15) is 0 Å². The number of alkyl halides is 3. The first-order valence-corrected chi connectivity index (χ1v) is 3.34. The van der Waals surface area contributed by atoms with Gasteiger partial charge in [-0.2, -0.15) is 13.2 Å². The minimum Gasteiger partial charge on any atom is -0.449 e. The molecule has 4 nitrogen and oxygen atoms in total. The van der Waals surface area contributed by atoms with Gasteiger partial charge < -0.3 is 9.84 Å². The van der Waals surface area contributed by atoms with Crippen molar-refractivity contribution in [2.24, 2.45) is 0 Å². The van der Waals surface area contributed by atoms with Gasteiger partial charge in [0, 0.05) is 6.20 Å². The van der Waals surface area contributed by atoms with E-state index in [9.17, 15) is 18.0 Å². The Morgan fingerprint density at radius 3 is 2.64 bits per heavy atom. The summed E-state index contributed by atoms with van der Waals surface area (Å²) < 4.78 is 40.4. The van der Waals surface area contributed by atoms with E-state index in [1.807, 2.05) is 0 Å². The van der Waals surface area contributed by atoms with Gasteiger partial charge in [0.25, 0.3) is 0 Å². The lowest BCUT2D eigenvalue weighted by molar-refractivity contribution is -0.142. The lowest BCUT2D eigenvalue weighted by Crippen LogP contribution is -2.13. The molecular formula is C7H4F3NO3. The Bertz CT molecular complexity index is 350. The van der Waals surface area contributed by atoms with Crippen molar-refractivity contribution in [2.75, 3.05) is 0 Å². The molecular weight excluding hydrogens is 203 g/mol. The van der Waals surface area contributed by atoms with Gasteiger partial charge in [0.2, 0.25) is 0 Å². The predicted octanol–water partition coefficient (Wildman–Crippen LogP) is 2.16. The van der Waals surface area contributed by atoms with Gasteiger partial charge in [0.05, 0.1) is 0 Å². The van der Waals surface area contributed by atoms with Crippen molar-refractivity contribution in [2.45, 2.75) is 6.18 Å². The van der Waals surface area contributed by atoms with Crippen LogP contribution in [0.4, 0.5) is 18.0 Å². The van der Waals surface area contributed by atoms with E-state index >= 15 is 0 Å². The normalized spacial score (nSPS) is 11.1. The number of ether oxygens (including phenoxy) is 1. The smallest absolute Gasteiger partial charge is 0.449 e. The summed E-state index contributed by atoms with van der Waals surface area (Å²) in [6.07, 6.45) is -5.65. The summed E-state index contributed by atoms with van der Waals surface area (Å²) >= 11 is 0. The van der Waals surface area contributed by atoms with Gasteiger partial charge in [-0.25, -0.2) is 9.78 Å². The second kappa shape index (κ2) is 3.52. The molecule has 0 aliphatic rings. The molecule has 0 saturated heterocycles. The first kappa shape index (κ1) is 10.3. The number of rotatable bonds is 1. The zero-order valence-electron chi connectivity index (χ0n) is 6.58. The van der Waals surface area contributed by atoms with E-state index < -0.39 is 23.8 Å². The van der Waals surface area contributed by atoms with Crippen molar-refractivity contribution in [1.82, 2.24) is 4.98 Å². The van der Waals surface area contributed by atoms with Crippen LogP contribution in [0.2, 0.25) is 0 Å². The molecule has 0 atom stereocenters. The van der Waals surface area contributed by atoms with Gasteiger partial charge in [-0.3, -0.25) is 0 Å². The number of carbonyl (C=O) groups is 1. The van der Waals surface area contributed by atoms with Crippen LogP contribution in [0, 0.1) is 0 Å². The molecule has 0 radical (unpaired) electrons. The maximum absolute atomic E-state index is 12.2. The Morgan fingerprint density at radius 1 is 1.50 bits per heavy atom. The average molecular weight is 207 g/mol. The van der Waals surface area contributed by atoms with Crippen LogP contribution in [-0.2, 0) is 6.18 Å². The van der Waals surface area contributed by atoms with Gasteiger partial charge >= 0.3 is 12.3 Å². The van der Waals surface area contributed by atoms with Gasteiger partial charge in [-0.1, -0.05) is 0 Å². The minimum atomic E-state index is -4.73. The molecule has 1 rings (SSSR count). The van der Waals surface area contributed by atoms with Crippen LogP contribution in [0.25, 0.3) is 0 Å². The molecule has 1 aromatic heterocycles. The van der Waals surface area contributed by atoms with Crippen LogP contribution in [0.3, 0.4) is 0 Å². The predicted molar refractivity (Wildman–Crippen MR) is 37.9 cm³/mol. The molecule has 1 aromatic rings. The summed E-state index contributed by atoms with van der Waals surface area (Å²) in [5.41, 5.74) is -1.36. The second-order valence-electron chi connectivity index (χ2n) is 2.22. The van der Waals surface area contributed by atoms with E-state index in [1.54, 1.807) is 0 Å². The standard InChI is InChI=1S/C7H4F3NO3/c8-7(9,10)5-4(14-6(12)13)2-1-3-11-5/h1-3H,(H,12,13). The Morgan fingerprint density at radius 2 is 2.14 bits per heavy atom. The summed E-state index contributed by atoms with van der Waals surface area (Å²) in [5.74, 6) is -0.826. The Hall–Kier alpha value is -1.79. The molecule has 1 heterocycles. The number of aromatic nitrogens is 1. The van der Waals surface area contributed by atoms with E-state index in [0.717, 1.165) is 18.3 Å². The molecule has 0 bridgehead atoms. The minimum absolute atomic E-state index is 0.826. The SMILES string of the molecule is O=C(O)Oc1cccnc1C(F)(F)F. The second-order valence-corrected chi connectivity index (χ2v) is 2.22. The van der Waals surface area contributed by atoms with Crippen LogP contribution in [0.1, 0.15) is 5.69 Å². The Kier molecular flexibility index (Phi) is 2.59. The molecule has 14 heavy (non-hydrogen) atoms. The molecule has 0 amide bonds. The van der Waals surface area contributed by atoms with Crippen molar-refractivity contribution >= 4 is 6.16 Å². The van der Waals surface area contributed by atoms with Crippen LogP contribution >= 0.6 is 0 Å². The summed E-state index contributed by atoms with van der Waals surface area (Å²) in [4.78, 5) is 13.0. The van der Waals surface area contributed by atoms with Crippen LogP contribution in [0.5, 0.6) is 5.75 Å².